The van der Waals surface area contributed by atoms with E-state index in [0.717, 1.165) is 128 Å². The highest BCUT2D eigenvalue weighted by molar-refractivity contribution is 7.98. The number of ether oxygens (including phenoxy) is 2. The second-order valence-electron chi connectivity index (χ2n) is 17.6. The second kappa shape index (κ2) is 27.3. The molecular weight excluding hydrogens is 849 g/mol. The van der Waals surface area contributed by atoms with Crippen LogP contribution >= 0.6 is 23.5 Å². The Morgan fingerprint density at radius 3 is 1.45 bits per heavy atom. The van der Waals surface area contributed by atoms with Gasteiger partial charge in [0.25, 0.3) is 11.8 Å². The Balaban J connectivity index is 0.000000241. The Bertz CT molecular complexity index is 1740. The maximum Gasteiger partial charge on any atom is 0.252 e. The number of benzene rings is 2. The zero-order valence-electron chi connectivity index (χ0n) is 38.3. The molecule has 64 heavy (non-hydrogen) atoms. The van der Waals surface area contributed by atoms with Crippen molar-refractivity contribution in [3.8, 4) is 0 Å². The van der Waals surface area contributed by atoms with E-state index in [9.17, 15) is 24.3 Å². The molecule has 2 aromatic carbocycles. The number of carbonyl (C=O) groups excluding carboxylic acids is 4. The highest BCUT2D eigenvalue weighted by Crippen LogP contribution is 2.31. The van der Waals surface area contributed by atoms with Crippen molar-refractivity contribution in [1.82, 2.24) is 31.1 Å². The lowest BCUT2D eigenvalue weighted by Gasteiger charge is -2.37. The number of hydrogen-bond acceptors (Lipinski definition) is 11. The third kappa shape index (κ3) is 15.9. The molecule has 2 heterocycles. The van der Waals surface area contributed by atoms with E-state index in [4.69, 9.17) is 9.47 Å². The number of rotatable bonds is 20. The SMILES string of the molecule is C=C[C@H](CCSC)NC(=O)C1(NC(=O)c2ccc(CN3CCOCC3)cc2)CCCCC1.CSCC[C@@H](CO)NC(=O)C1(NC(=O)c2ccc(CN3CCOCC3)cc2)CCCCC1. The smallest absolute Gasteiger partial charge is 0.252 e. The highest BCUT2D eigenvalue weighted by Gasteiger charge is 2.43. The maximum absolute atomic E-state index is 13.3. The first kappa shape index (κ1) is 51.5. The van der Waals surface area contributed by atoms with E-state index in [-0.39, 0.29) is 42.3 Å². The Hall–Kier alpha value is -3.44. The monoisotopic (exact) mass is 923 g/mol. The van der Waals surface area contributed by atoms with Crippen molar-refractivity contribution < 1.29 is 33.8 Å². The van der Waals surface area contributed by atoms with Crippen LogP contribution in [0.15, 0.2) is 61.2 Å². The van der Waals surface area contributed by atoms with Gasteiger partial charge in [0, 0.05) is 56.4 Å². The van der Waals surface area contributed by atoms with Gasteiger partial charge in [-0.2, -0.15) is 23.5 Å². The molecule has 2 saturated carbocycles. The number of morpholine rings is 2. The molecule has 2 aromatic rings. The van der Waals surface area contributed by atoms with Crippen molar-refractivity contribution in [1.29, 1.82) is 0 Å². The number of amides is 4. The highest BCUT2D eigenvalue weighted by atomic mass is 32.2. The molecule has 0 radical (unpaired) electrons. The van der Waals surface area contributed by atoms with E-state index < -0.39 is 11.1 Å². The third-order valence-corrected chi connectivity index (χ3v) is 14.2. The summed E-state index contributed by atoms with van der Waals surface area (Å²) >= 11 is 3.43. The summed E-state index contributed by atoms with van der Waals surface area (Å²) in [7, 11) is 0. The predicted molar refractivity (Wildman–Crippen MR) is 259 cm³/mol. The number of aliphatic hydroxyl groups is 1. The van der Waals surface area contributed by atoms with E-state index in [1.807, 2.05) is 54.8 Å². The molecule has 0 bridgehead atoms. The second-order valence-corrected chi connectivity index (χ2v) is 19.6. The Morgan fingerprint density at radius 2 is 1.06 bits per heavy atom. The molecule has 2 atom stereocenters. The van der Waals surface area contributed by atoms with E-state index in [0.29, 0.717) is 43.2 Å². The van der Waals surface area contributed by atoms with Gasteiger partial charge < -0.3 is 35.8 Å². The molecule has 4 amide bonds. The summed E-state index contributed by atoms with van der Waals surface area (Å²) in [5, 5.41) is 22.0. The lowest BCUT2D eigenvalue weighted by Crippen LogP contribution is -2.61. The first-order valence-electron chi connectivity index (χ1n) is 23.4. The zero-order chi connectivity index (χ0) is 45.6. The van der Waals surface area contributed by atoms with Crippen LogP contribution in [0.5, 0.6) is 0 Å². The van der Waals surface area contributed by atoms with Crippen LogP contribution in [0.2, 0.25) is 0 Å². The van der Waals surface area contributed by atoms with Crippen LogP contribution in [0, 0.1) is 0 Å². The fourth-order valence-corrected chi connectivity index (χ4v) is 9.87. The lowest BCUT2D eigenvalue weighted by atomic mass is 9.80. The largest absolute Gasteiger partial charge is 0.394 e. The van der Waals surface area contributed by atoms with Crippen LogP contribution in [-0.2, 0) is 32.2 Å². The van der Waals surface area contributed by atoms with Crippen LogP contribution in [0.25, 0.3) is 0 Å². The minimum atomic E-state index is -0.908. The summed E-state index contributed by atoms with van der Waals surface area (Å²) in [6.45, 7) is 12.3. The van der Waals surface area contributed by atoms with Crippen molar-refractivity contribution in [2.24, 2.45) is 0 Å². The van der Waals surface area contributed by atoms with Gasteiger partial charge in [0.15, 0.2) is 0 Å². The summed E-state index contributed by atoms with van der Waals surface area (Å²) in [5.74, 6) is 1.16. The fraction of sp³-hybridized carbons (Fsp3) is 0.633. The molecule has 354 valence electrons. The number of nitrogens with one attached hydrogen (secondary N) is 4. The molecule has 2 aliphatic heterocycles. The molecule has 4 aliphatic rings. The molecule has 15 heteroatoms. The zero-order valence-corrected chi connectivity index (χ0v) is 40.0. The number of hydrogen-bond donors (Lipinski definition) is 5. The van der Waals surface area contributed by atoms with E-state index >= 15 is 0 Å². The first-order chi connectivity index (χ1) is 31.1. The maximum atomic E-state index is 13.3. The van der Waals surface area contributed by atoms with Crippen molar-refractivity contribution in [3.05, 3.63) is 83.4 Å². The molecule has 0 spiro atoms. The van der Waals surface area contributed by atoms with Gasteiger partial charge in [-0.25, -0.2) is 0 Å². The lowest BCUT2D eigenvalue weighted by molar-refractivity contribution is -0.130. The Labute approximate surface area is 390 Å². The predicted octanol–water partition coefficient (Wildman–Crippen LogP) is 5.56. The Morgan fingerprint density at radius 1 is 0.656 bits per heavy atom. The van der Waals surface area contributed by atoms with Gasteiger partial charge in [0.05, 0.1) is 39.1 Å². The average Bonchev–Trinajstić information content (AvgIpc) is 3.33. The first-order valence-corrected chi connectivity index (χ1v) is 26.2. The van der Waals surface area contributed by atoms with Gasteiger partial charge >= 0.3 is 0 Å². The topological polar surface area (TPSA) is 162 Å². The van der Waals surface area contributed by atoms with Crippen molar-refractivity contribution in [2.75, 3.05) is 83.2 Å². The van der Waals surface area contributed by atoms with Gasteiger partial charge in [0.2, 0.25) is 11.8 Å². The molecule has 13 nitrogen and oxygen atoms in total. The van der Waals surface area contributed by atoms with E-state index in [1.54, 1.807) is 29.6 Å². The molecule has 2 aliphatic carbocycles. The number of nitrogens with zero attached hydrogens (tertiary/aromatic N) is 2. The van der Waals surface area contributed by atoms with Crippen LogP contribution in [0.1, 0.15) is 109 Å². The number of aliphatic hydroxyl groups excluding tert-OH is 1. The normalized spacial score (nSPS) is 19.7. The minimum absolute atomic E-state index is 0.0786. The summed E-state index contributed by atoms with van der Waals surface area (Å²) in [6, 6.07) is 15.0. The van der Waals surface area contributed by atoms with Crippen molar-refractivity contribution in [2.45, 2.75) is 113 Å². The van der Waals surface area contributed by atoms with Crippen LogP contribution < -0.4 is 21.3 Å². The molecule has 4 fully saturated rings. The van der Waals surface area contributed by atoms with Crippen LogP contribution in [0.4, 0.5) is 0 Å². The van der Waals surface area contributed by atoms with E-state index in [1.165, 1.54) is 5.56 Å². The van der Waals surface area contributed by atoms with Crippen LogP contribution in [0.3, 0.4) is 0 Å². The molecule has 0 unspecified atom stereocenters. The van der Waals surface area contributed by atoms with Crippen molar-refractivity contribution >= 4 is 47.2 Å². The summed E-state index contributed by atoms with van der Waals surface area (Å²) in [5.41, 5.74) is 1.74. The molecule has 5 N–H and O–H groups in total. The summed E-state index contributed by atoms with van der Waals surface area (Å²) < 4.78 is 10.8. The van der Waals surface area contributed by atoms with Crippen molar-refractivity contribution in [3.63, 3.8) is 0 Å². The Kier molecular flexibility index (Phi) is 22.0. The fourth-order valence-electron chi connectivity index (χ4n) is 8.86. The molecule has 6 rings (SSSR count). The van der Waals surface area contributed by atoms with Crippen LogP contribution in [-0.4, -0.2) is 145 Å². The number of carbonyl (C=O) groups is 4. The average molecular weight is 923 g/mol. The molecular formula is C49H74N6O7S2. The molecule has 0 aromatic heterocycles. The summed E-state index contributed by atoms with van der Waals surface area (Å²) in [6.07, 6.45) is 15.8. The van der Waals surface area contributed by atoms with Gasteiger partial charge in [-0.1, -0.05) is 68.9 Å². The van der Waals surface area contributed by atoms with Gasteiger partial charge in [-0.15, -0.1) is 6.58 Å². The van der Waals surface area contributed by atoms with E-state index in [2.05, 4.69) is 43.9 Å². The molecule has 2 saturated heterocycles. The van der Waals surface area contributed by atoms with Gasteiger partial charge in [0.1, 0.15) is 11.1 Å². The quantitative estimate of drug-likeness (QED) is 0.106. The minimum Gasteiger partial charge on any atom is -0.394 e. The van der Waals surface area contributed by atoms with Gasteiger partial charge in [-0.3, -0.25) is 29.0 Å². The van der Waals surface area contributed by atoms with Gasteiger partial charge in [-0.05, 0) is 97.9 Å². The standard InChI is InChI=1S/C25H37N3O3S.C24H37N3O4S/c1-3-22(11-18-32-2)26-24(30)25(12-5-4-6-13-25)27-23(29)21-9-7-20(8-10-21)19-28-14-16-31-17-15-28;1-32-16-9-21(18-28)25-23(30)24(10-3-2-4-11-24)26-22(29)20-7-5-19(6-8-20)17-27-12-14-31-15-13-27/h3,7-10,22H,1,4-6,11-19H2,2H3,(H,26,30)(H,27,29);5-8,21,28H,2-4,9-18H2,1H3,(H,25,30)(H,26,29)/t22-;21-/m10/s1. The third-order valence-electron chi connectivity index (χ3n) is 12.9. The summed E-state index contributed by atoms with van der Waals surface area (Å²) in [4.78, 5) is 57.4. The number of thioether (sulfide) groups is 2.